The molecule has 6 nitrogen and oxygen atoms in total. The van der Waals surface area contributed by atoms with Crippen molar-refractivity contribution < 1.29 is 63.7 Å². The third kappa shape index (κ3) is 4.73. The molecule has 0 radical (unpaired) electrons. The van der Waals surface area contributed by atoms with Crippen molar-refractivity contribution in [2.75, 3.05) is 0 Å². The van der Waals surface area contributed by atoms with Crippen molar-refractivity contribution in [2.24, 2.45) is 0 Å². The minimum Gasteiger partial charge on any atom is -0.744 e. The number of benzene rings is 1. The van der Waals surface area contributed by atoms with Crippen LogP contribution in [0.4, 0.5) is 0 Å². The number of rotatable bonds is 2. The van der Waals surface area contributed by atoms with Crippen LogP contribution >= 0.6 is 0 Å². The molecule has 0 saturated heterocycles. The van der Waals surface area contributed by atoms with E-state index < -0.39 is 30.0 Å². The Hall–Kier alpha value is 0.235. The summed E-state index contributed by atoms with van der Waals surface area (Å²) < 4.78 is 64.7. The van der Waals surface area contributed by atoms with Gasteiger partial charge in [0.15, 0.2) is 0 Å². The van der Waals surface area contributed by atoms with E-state index in [0.29, 0.717) is 0 Å². The summed E-state index contributed by atoms with van der Waals surface area (Å²) in [6.07, 6.45) is 0. The zero-order chi connectivity index (χ0) is 12.7. The van der Waals surface area contributed by atoms with Crippen molar-refractivity contribution >= 4 is 20.2 Å². The first-order valence-electron chi connectivity index (χ1n) is 4.06. The van der Waals surface area contributed by atoms with Gasteiger partial charge in [-0.1, -0.05) is 0 Å². The second-order valence-electron chi connectivity index (χ2n) is 3.29. The summed E-state index contributed by atoms with van der Waals surface area (Å²) in [6.45, 7) is 2.51. The van der Waals surface area contributed by atoms with Gasteiger partial charge < -0.3 is 9.11 Å². The summed E-state index contributed by atoms with van der Waals surface area (Å²) in [5.41, 5.74) is -0.103. The Bertz CT molecular complexity index is 613. The Labute approximate surface area is 130 Å². The van der Waals surface area contributed by atoms with Crippen molar-refractivity contribution in [3.8, 4) is 0 Å². The predicted molar refractivity (Wildman–Crippen MR) is 51.8 cm³/mol. The van der Waals surface area contributed by atoms with Gasteiger partial charge >= 0.3 is 37.7 Å². The summed E-state index contributed by atoms with van der Waals surface area (Å²) in [4.78, 5) is -1.03. The Morgan fingerprint density at radius 3 is 1.39 bits per heavy atom. The fourth-order valence-electron chi connectivity index (χ4n) is 1.45. The molecule has 0 fully saturated rings. The van der Waals surface area contributed by atoms with Crippen molar-refractivity contribution in [1.29, 1.82) is 0 Å². The predicted octanol–water partition coefficient (Wildman–Crippen LogP) is -5.88. The van der Waals surface area contributed by atoms with E-state index in [2.05, 4.69) is 0 Å². The zero-order valence-corrected chi connectivity index (χ0v) is 12.1. The third-order valence-electron chi connectivity index (χ3n) is 1.97. The van der Waals surface area contributed by atoms with Crippen LogP contribution in [0.15, 0.2) is 21.9 Å². The molecule has 0 saturated carbocycles. The van der Waals surface area contributed by atoms with Crippen molar-refractivity contribution in [3.05, 3.63) is 23.3 Å². The summed E-state index contributed by atoms with van der Waals surface area (Å²) in [5.74, 6) is 0. The molecule has 0 unspecified atom stereocenters. The standard InChI is InChI=1S/C8H10O6S2.2Li/c1-5-3-7(15(9,10)11)4-6(2)8(5)16(12,13)14;;/h3-4H,1-2H3,(H,9,10,11)(H,12,13,14);;/q;2*+1/p-2. The van der Waals surface area contributed by atoms with Crippen LogP contribution in [0.2, 0.25) is 0 Å². The first kappa shape index (κ1) is 20.6. The molecule has 1 aromatic rings. The first-order chi connectivity index (χ1) is 7.03. The van der Waals surface area contributed by atoms with E-state index in [4.69, 9.17) is 0 Å². The van der Waals surface area contributed by atoms with E-state index in [9.17, 15) is 25.9 Å². The molecule has 0 aromatic heterocycles. The van der Waals surface area contributed by atoms with E-state index >= 15 is 0 Å². The number of hydrogen-bond donors (Lipinski definition) is 0. The van der Waals surface area contributed by atoms with Crippen LogP contribution in [-0.2, 0) is 20.2 Å². The molecule has 18 heavy (non-hydrogen) atoms. The Morgan fingerprint density at radius 2 is 1.17 bits per heavy atom. The minimum atomic E-state index is -4.67. The molecular formula is C8H8Li2O6S2. The molecule has 0 amide bonds. The van der Waals surface area contributed by atoms with Gasteiger partial charge in [0.1, 0.15) is 20.2 Å². The molecule has 0 N–H and O–H groups in total. The minimum absolute atomic E-state index is 0. The van der Waals surface area contributed by atoms with E-state index in [-0.39, 0.29) is 48.8 Å². The van der Waals surface area contributed by atoms with Crippen molar-refractivity contribution in [2.45, 2.75) is 23.6 Å². The van der Waals surface area contributed by atoms with Gasteiger partial charge in [-0.3, -0.25) is 0 Å². The summed E-state index contributed by atoms with van der Waals surface area (Å²) in [6, 6.07) is 1.75. The van der Waals surface area contributed by atoms with Gasteiger partial charge in [0.25, 0.3) is 0 Å². The van der Waals surface area contributed by atoms with E-state index in [0.717, 1.165) is 12.1 Å². The number of aryl methyl sites for hydroxylation is 2. The van der Waals surface area contributed by atoms with Crippen LogP contribution in [0.25, 0.3) is 0 Å². The number of hydrogen-bond acceptors (Lipinski definition) is 6. The van der Waals surface area contributed by atoms with E-state index in [1.807, 2.05) is 0 Å². The molecular weight excluding hydrogens is 270 g/mol. The third-order valence-corrected chi connectivity index (χ3v) is 3.93. The van der Waals surface area contributed by atoms with Crippen LogP contribution in [0.5, 0.6) is 0 Å². The Balaban J connectivity index is 0. The SMILES string of the molecule is Cc1cc(S(=O)(=O)[O-])cc(C)c1S(=O)(=O)[O-].[Li+].[Li+]. The van der Waals surface area contributed by atoms with Crippen molar-refractivity contribution in [3.63, 3.8) is 0 Å². The molecule has 0 heterocycles. The fourth-order valence-corrected chi connectivity index (χ4v) is 3.00. The molecule has 0 spiro atoms. The maximum Gasteiger partial charge on any atom is 1.00 e. The second-order valence-corrected chi connectivity index (χ2v) is 5.99. The largest absolute Gasteiger partial charge is 1.00 e. The average Bonchev–Trinajstić information content (AvgIpc) is 1.97. The van der Waals surface area contributed by atoms with Gasteiger partial charge in [0.2, 0.25) is 0 Å². The van der Waals surface area contributed by atoms with E-state index in [1.165, 1.54) is 13.8 Å². The van der Waals surface area contributed by atoms with Gasteiger partial charge in [-0.25, -0.2) is 16.8 Å². The maximum atomic E-state index is 10.9. The topological polar surface area (TPSA) is 114 Å². The molecule has 0 aliphatic rings. The van der Waals surface area contributed by atoms with E-state index in [1.54, 1.807) is 0 Å². The Morgan fingerprint density at radius 1 is 0.833 bits per heavy atom. The summed E-state index contributed by atoms with van der Waals surface area (Å²) in [7, 11) is -9.33. The maximum absolute atomic E-state index is 10.9. The van der Waals surface area contributed by atoms with Crippen LogP contribution in [0, 0.1) is 13.8 Å². The molecule has 10 heteroatoms. The van der Waals surface area contributed by atoms with Gasteiger partial charge in [-0.05, 0) is 37.1 Å². The summed E-state index contributed by atoms with van der Waals surface area (Å²) >= 11 is 0. The smallest absolute Gasteiger partial charge is 0.744 e. The molecule has 1 aromatic carbocycles. The Kier molecular flexibility index (Phi) is 7.54. The van der Waals surface area contributed by atoms with Gasteiger partial charge in [-0.2, -0.15) is 0 Å². The van der Waals surface area contributed by atoms with Crippen LogP contribution in [0.3, 0.4) is 0 Å². The molecule has 0 atom stereocenters. The van der Waals surface area contributed by atoms with Gasteiger partial charge in [-0.15, -0.1) is 0 Å². The first-order valence-corrected chi connectivity index (χ1v) is 6.88. The quantitative estimate of drug-likeness (QED) is 0.393. The molecule has 90 valence electrons. The molecule has 0 aliphatic heterocycles. The molecule has 0 bridgehead atoms. The van der Waals surface area contributed by atoms with Crippen molar-refractivity contribution in [1.82, 2.24) is 0 Å². The molecule has 1 rings (SSSR count). The second kappa shape index (κ2) is 6.60. The van der Waals surface area contributed by atoms with Gasteiger partial charge in [0, 0.05) is 0 Å². The molecule has 0 aliphatic carbocycles. The zero-order valence-electron chi connectivity index (χ0n) is 10.4. The fraction of sp³-hybridized carbons (Fsp3) is 0.250. The van der Waals surface area contributed by atoms with Crippen LogP contribution in [0.1, 0.15) is 11.1 Å². The van der Waals surface area contributed by atoms with Gasteiger partial charge in [0.05, 0.1) is 9.79 Å². The normalized spacial score (nSPS) is 11.3. The average molecular weight is 278 g/mol. The van der Waals surface area contributed by atoms with Crippen LogP contribution in [-0.4, -0.2) is 25.9 Å². The summed E-state index contributed by atoms with van der Waals surface area (Å²) in [5, 5.41) is 0. The monoisotopic (exact) mass is 278 g/mol. The van der Waals surface area contributed by atoms with Crippen LogP contribution < -0.4 is 37.7 Å².